The third kappa shape index (κ3) is 5.26. The molecular weight excluding hydrogens is 417 g/mol. The highest BCUT2D eigenvalue weighted by Gasteiger charge is 2.36. The molecule has 0 aliphatic carbocycles. The summed E-state index contributed by atoms with van der Waals surface area (Å²) < 4.78 is 40.5. The molecule has 8 heteroatoms. The van der Waals surface area contributed by atoms with Crippen LogP contribution in [0.4, 0.5) is 18.9 Å². The summed E-state index contributed by atoms with van der Waals surface area (Å²) in [5, 5.41) is 9.54. The number of likely N-dealkylation sites (tertiary alicyclic amines) is 1. The fraction of sp³-hybridized carbons (Fsp3) is 0.409. The Morgan fingerprint density at radius 3 is 2.63 bits per heavy atom. The molecule has 0 spiro atoms. The van der Waals surface area contributed by atoms with E-state index in [1.54, 1.807) is 23.1 Å². The Morgan fingerprint density at radius 1 is 1.23 bits per heavy atom. The predicted octanol–water partition coefficient (Wildman–Crippen LogP) is 4.18. The molecule has 162 valence electrons. The van der Waals surface area contributed by atoms with Crippen LogP contribution >= 0.6 is 11.6 Å². The van der Waals surface area contributed by atoms with Crippen molar-refractivity contribution in [3.05, 3.63) is 64.2 Å². The lowest BCUT2D eigenvalue weighted by atomic mass is 9.81. The molecule has 2 aromatic rings. The molecule has 1 aliphatic rings. The lowest BCUT2D eigenvalue weighted by Crippen LogP contribution is -2.32. The van der Waals surface area contributed by atoms with Crippen molar-refractivity contribution in [2.24, 2.45) is 11.8 Å². The minimum absolute atomic E-state index is 0.0121. The second kappa shape index (κ2) is 9.27. The SMILES string of the molecule is Nc1ccc(CC(Cc2ccccc2C(F)(F)F)[C@H]2CCN(C(=O)CO)C2)cc1Cl. The van der Waals surface area contributed by atoms with E-state index in [-0.39, 0.29) is 29.7 Å². The molecule has 0 aromatic heterocycles. The number of aliphatic hydroxyl groups is 1. The maximum atomic E-state index is 13.5. The average molecular weight is 441 g/mol. The molecule has 0 radical (unpaired) electrons. The summed E-state index contributed by atoms with van der Waals surface area (Å²) in [6.07, 6.45) is -3.02. The van der Waals surface area contributed by atoms with E-state index in [1.165, 1.54) is 12.1 Å². The Morgan fingerprint density at radius 2 is 1.97 bits per heavy atom. The molecule has 1 amide bonds. The number of alkyl halides is 3. The lowest BCUT2D eigenvalue weighted by Gasteiger charge is -2.26. The number of carbonyl (C=O) groups excluding carboxylic acids is 1. The van der Waals surface area contributed by atoms with Gasteiger partial charge in [-0.1, -0.05) is 35.9 Å². The topological polar surface area (TPSA) is 66.6 Å². The first kappa shape index (κ1) is 22.4. The summed E-state index contributed by atoms with van der Waals surface area (Å²) in [5.41, 5.74) is 6.71. The number of rotatable bonds is 6. The highest BCUT2D eigenvalue weighted by molar-refractivity contribution is 6.33. The monoisotopic (exact) mass is 440 g/mol. The van der Waals surface area contributed by atoms with Crippen LogP contribution in [0.2, 0.25) is 5.02 Å². The number of nitrogen functional groups attached to an aromatic ring is 1. The Hall–Kier alpha value is -2.25. The number of aliphatic hydroxyl groups excluding tert-OH is 1. The number of nitrogens with zero attached hydrogens (tertiary/aromatic N) is 1. The fourth-order valence-electron chi connectivity index (χ4n) is 4.16. The van der Waals surface area contributed by atoms with Crippen molar-refractivity contribution in [2.75, 3.05) is 25.4 Å². The van der Waals surface area contributed by atoms with Crippen LogP contribution in [-0.4, -0.2) is 35.6 Å². The van der Waals surface area contributed by atoms with Gasteiger partial charge in [0, 0.05) is 13.1 Å². The largest absolute Gasteiger partial charge is 0.416 e. The first-order valence-corrected chi connectivity index (χ1v) is 10.1. The first-order chi connectivity index (χ1) is 14.2. The molecule has 1 heterocycles. The van der Waals surface area contributed by atoms with Crippen LogP contribution in [-0.2, 0) is 23.8 Å². The van der Waals surface area contributed by atoms with E-state index in [4.69, 9.17) is 22.4 Å². The van der Waals surface area contributed by atoms with Gasteiger partial charge in [-0.2, -0.15) is 13.2 Å². The number of hydrogen-bond donors (Lipinski definition) is 2. The molecule has 3 rings (SSSR count). The zero-order chi connectivity index (χ0) is 21.9. The molecular formula is C22H24ClF3N2O2. The predicted molar refractivity (Wildman–Crippen MR) is 110 cm³/mol. The molecule has 30 heavy (non-hydrogen) atoms. The third-order valence-corrected chi connectivity index (χ3v) is 6.07. The van der Waals surface area contributed by atoms with Crippen molar-refractivity contribution in [3.63, 3.8) is 0 Å². The van der Waals surface area contributed by atoms with E-state index >= 15 is 0 Å². The van der Waals surface area contributed by atoms with E-state index in [1.807, 2.05) is 6.07 Å². The summed E-state index contributed by atoms with van der Waals surface area (Å²) in [7, 11) is 0. The maximum absolute atomic E-state index is 13.5. The van der Waals surface area contributed by atoms with Crippen molar-refractivity contribution in [3.8, 4) is 0 Å². The molecule has 1 fully saturated rings. The zero-order valence-corrected chi connectivity index (χ0v) is 17.1. The second-order valence-corrected chi connectivity index (χ2v) is 8.13. The van der Waals surface area contributed by atoms with Gasteiger partial charge in [-0.15, -0.1) is 0 Å². The molecule has 1 unspecified atom stereocenters. The highest BCUT2D eigenvalue weighted by atomic mass is 35.5. The number of nitrogens with two attached hydrogens (primary N) is 1. The van der Waals surface area contributed by atoms with Gasteiger partial charge >= 0.3 is 6.18 Å². The first-order valence-electron chi connectivity index (χ1n) is 9.76. The summed E-state index contributed by atoms with van der Waals surface area (Å²) in [5.74, 6) is -0.481. The fourth-order valence-corrected chi connectivity index (χ4v) is 4.36. The smallest absolute Gasteiger partial charge is 0.398 e. The number of benzene rings is 2. The van der Waals surface area contributed by atoms with E-state index in [9.17, 15) is 18.0 Å². The van der Waals surface area contributed by atoms with Crippen molar-refractivity contribution in [2.45, 2.75) is 25.4 Å². The summed E-state index contributed by atoms with van der Waals surface area (Å²) >= 11 is 6.13. The van der Waals surface area contributed by atoms with E-state index in [0.717, 1.165) is 11.6 Å². The molecule has 0 bridgehead atoms. The van der Waals surface area contributed by atoms with Crippen molar-refractivity contribution in [1.29, 1.82) is 0 Å². The molecule has 3 N–H and O–H groups in total. The van der Waals surface area contributed by atoms with Crippen molar-refractivity contribution < 1.29 is 23.1 Å². The van der Waals surface area contributed by atoms with Gasteiger partial charge in [0.2, 0.25) is 5.91 Å². The number of hydrogen-bond acceptors (Lipinski definition) is 3. The van der Waals surface area contributed by atoms with Crippen LogP contribution in [0.3, 0.4) is 0 Å². The molecule has 2 aromatic carbocycles. The minimum Gasteiger partial charge on any atom is -0.398 e. The van der Waals surface area contributed by atoms with Crippen LogP contribution in [0.25, 0.3) is 0 Å². The third-order valence-electron chi connectivity index (χ3n) is 5.75. The molecule has 0 saturated carbocycles. The number of halogens is 4. The normalized spacial score (nSPS) is 17.9. The lowest BCUT2D eigenvalue weighted by molar-refractivity contribution is -0.138. The summed E-state index contributed by atoms with van der Waals surface area (Å²) in [4.78, 5) is 13.4. The van der Waals surface area contributed by atoms with Crippen LogP contribution in [0.1, 0.15) is 23.1 Å². The van der Waals surface area contributed by atoms with Crippen molar-refractivity contribution in [1.82, 2.24) is 4.90 Å². The summed E-state index contributed by atoms with van der Waals surface area (Å²) in [6.45, 7) is 0.340. The standard InChI is InChI=1S/C22H24ClF3N2O2/c23-19-10-14(5-6-20(19)27)9-17(16-7-8-28(12-16)21(30)13-29)11-15-3-1-2-4-18(15)22(24,25)26/h1-6,10,16-17,29H,7-9,11-13,27H2/t16-,17?/m0/s1. The van der Waals surface area contributed by atoms with Gasteiger partial charge in [-0.05, 0) is 60.4 Å². The highest BCUT2D eigenvalue weighted by Crippen LogP contribution is 2.36. The van der Waals surface area contributed by atoms with Crippen molar-refractivity contribution >= 4 is 23.2 Å². The van der Waals surface area contributed by atoms with Gasteiger partial charge in [0.15, 0.2) is 0 Å². The number of carbonyl (C=O) groups is 1. The quantitative estimate of drug-likeness (QED) is 0.662. The number of amides is 1. The Labute approximate surface area is 178 Å². The second-order valence-electron chi connectivity index (χ2n) is 7.73. The minimum atomic E-state index is -4.43. The molecule has 1 saturated heterocycles. The Balaban J connectivity index is 1.88. The summed E-state index contributed by atoms with van der Waals surface area (Å²) in [6, 6.07) is 10.9. The van der Waals surface area contributed by atoms with Gasteiger partial charge in [-0.25, -0.2) is 0 Å². The van der Waals surface area contributed by atoms with Gasteiger partial charge in [0.25, 0.3) is 0 Å². The van der Waals surface area contributed by atoms with Crippen LogP contribution in [0.15, 0.2) is 42.5 Å². The van der Waals surface area contributed by atoms with E-state index in [0.29, 0.717) is 36.6 Å². The zero-order valence-electron chi connectivity index (χ0n) is 16.3. The van der Waals surface area contributed by atoms with E-state index in [2.05, 4.69) is 0 Å². The molecule has 2 atom stereocenters. The van der Waals surface area contributed by atoms with Crippen LogP contribution < -0.4 is 5.73 Å². The van der Waals surface area contributed by atoms with E-state index < -0.39 is 18.3 Å². The van der Waals surface area contributed by atoms with Gasteiger partial charge in [0.1, 0.15) is 6.61 Å². The van der Waals surface area contributed by atoms with Gasteiger partial charge < -0.3 is 15.7 Å². The number of anilines is 1. The Bertz CT molecular complexity index is 904. The van der Waals surface area contributed by atoms with Gasteiger partial charge in [0.05, 0.1) is 16.3 Å². The molecule has 1 aliphatic heterocycles. The average Bonchev–Trinajstić information content (AvgIpc) is 3.19. The van der Waals surface area contributed by atoms with Crippen LogP contribution in [0, 0.1) is 11.8 Å². The molecule has 4 nitrogen and oxygen atoms in total. The van der Waals surface area contributed by atoms with Crippen LogP contribution in [0.5, 0.6) is 0 Å². The Kier molecular flexibility index (Phi) is 6.93. The van der Waals surface area contributed by atoms with Gasteiger partial charge in [-0.3, -0.25) is 4.79 Å². The maximum Gasteiger partial charge on any atom is 0.416 e.